The third kappa shape index (κ3) is 4.42. The molecule has 1 aromatic heterocycles. The van der Waals surface area contributed by atoms with E-state index in [0.717, 1.165) is 37.7 Å². The molecule has 2 heterocycles. The number of aryl methyl sites for hydroxylation is 1. The second kappa shape index (κ2) is 7.74. The van der Waals surface area contributed by atoms with Crippen molar-refractivity contribution in [3.8, 4) is 5.69 Å². The number of benzene rings is 1. The summed E-state index contributed by atoms with van der Waals surface area (Å²) in [6.07, 6.45) is 0.631. The van der Waals surface area contributed by atoms with Crippen molar-refractivity contribution in [1.29, 1.82) is 0 Å². The average molecular weight is 342 g/mol. The fourth-order valence-electron chi connectivity index (χ4n) is 3.02. The SMILES string of the molecule is Cc1ccc(-n2nnnc2CN2CCN(C(=O)CC(C)C)CC2)cc1. The van der Waals surface area contributed by atoms with Crippen LogP contribution in [0.3, 0.4) is 0 Å². The molecule has 0 radical (unpaired) electrons. The third-order valence-electron chi connectivity index (χ3n) is 4.49. The average Bonchev–Trinajstić information content (AvgIpc) is 3.03. The fraction of sp³-hybridized carbons (Fsp3) is 0.556. The number of nitrogens with zero attached hydrogens (tertiary/aromatic N) is 6. The Morgan fingerprint density at radius 1 is 1.12 bits per heavy atom. The second-order valence-electron chi connectivity index (χ2n) is 7.10. The number of carbonyl (C=O) groups is 1. The predicted octanol–water partition coefficient (Wildman–Crippen LogP) is 1.66. The zero-order valence-corrected chi connectivity index (χ0v) is 15.2. The molecule has 0 bridgehead atoms. The summed E-state index contributed by atoms with van der Waals surface area (Å²) in [5, 5.41) is 12.1. The lowest BCUT2D eigenvalue weighted by molar-refractivity contribution is -0.133. The van der Waals surface area contributed by atoms with Crippen LogP contribution in [0.2, 0.25) is 0 Å². The Morgan fingerprint density at radius 3 is 2.44 bits per heavy atom. The summed E-state index contributed by atoms with van der Waals surface area (Å²) < 4.78 is 1.79. The number of tetrazole rings is 1. The Kier molecular flexibility index (Phi) is 5.43. The van der Waals surface area contributed by atoms with E-state index in [-0.39, 0.29) is 5.91 Å². The standard InChI is InChI=1S/C18H26N6O/c1-14(2)12-18(25)23-10-8-22(9-11-23)13-17-19-20-21-24(17)16-6-4-15(3)5-7-16/h4-7,14H,8-13H2,1-3H3. The molecular weight excluding hydrogens is 316 g/mol. The van der Waals surface area contributed by atoms with Gasteiger partial charge in [-0.05, 0) is 35.4 Å². The zero-order chi connectivity index (χ0) is 17.8. The van der Waals surface area contributed by atoms with E-state index in [1.54, 1.807) is 4.68 Å². The lowest BCUT2D eigenvalue weighted by Gasteiger charge is -2.34. The van der Waals surface area contributed by atoms with Crippen molar-refractivity contribution in [3.05, 3.63) is 35.7 Å². The molecule has 25 heavy (non-hydrogen) atoms. The molecule has 0 spiro atoms. The van der Waals surface area contributed by atoms with Gasteiger partial charge in [0.2, 0.25) is 5.91 Å². The molecule has 7 nitrogen and oxygen atoms in total. The molecule has 3 rings (SSSR count). The summed E-state index contributed by atoms with van der Waals surface area (Å²) in [6, 6.07) is 8.16. The molecule has 1 aliphatic rings. The van der Waals surface area contributed by atoms with Gasteiger partial charge in [-0.2, -0.15) is 4.68 Å². The highest BCUT2D eigenvalue weighted by Crippen LogP contribution is 2.13. The van der Waals surface area contributed by atoms with E-state index in [4.69, 9.17) is 0 Å². The van der Waals surface area contributed by atoms with Gasteiger partial charge in [-0.3, -0.25) is 9.69 Å². The van der Waals surface area contributed by atoms with Gasteiger partial charge in [0, 0.05) is 32.6 Å². The molecule has 1 saturated heterocycles. The number of carbonyl (C=O) groups excluding carboxylic acids is 1. The van der Waals surface area contributed by atoms with Gasteiger partial charge in [-0.1, -0.05) is 31.5 Å². The molecule has 0 aliphatic carbocycles. The Labute approximate surface area is 148 Å². The van der Waals surface area contributed by atoms with Gasteiger partial charge in [0.15, 0.2) is 5.82 Å². The maximum absolute atomic E-state index is 12.2. The van der Waals surface area contributed by atoms with E-state index in [1.807, 2.05) is 17.0 Å². The monoisotopic (exact) mass is 342 g/mol. The fourth-order valence-corrected chi connectivity index (χ4v) is 3.02. The van der Waals surface area contributed by atoms with Crippen LogP contribution in [0.15, 0.2) is 24.3 Å². The first-order valence-corrected chi connectivity index (χ1v) is 8.87. The minimum atomic E-state index is 0.263. The maximum atomic E-state index is 12.2. The molecule has 2 aromatic rings. The number of hydrogen-bond donors (Lipinski definition) is 0. The minimum Gasteiger partial charge on any atom is -0.340 e. The first-order valence-electron chi connectivity index (χ1n) is 8.87. The van der Waals surface area contributed by atoms with Crippen molar-refractivity contribution in [1.82, 2.24) is 30.0 Å². The van der Waals surface area contributed by atoms with E-state index < -0.39 is 0 Å². The van der Waals surface area contributed by atoms with Crippen LogP contribution in [-0.2, 0) is 11.3 Å². The van der Waals surface area contributed by atoms with Gasteiger partial charge in [-0.15, -0.1) is 5.10 Å². The van der Waals surface area contributed by atoms with E-state index in [9.17, 15) is 4.79 Å². The molecule has 7 heteroatoms. The summed E-state index contributed by atoms with van der Waals surface area (Å²) >= 11 is 0. The molecule has 0 saturated carbocycles. The van der Waals surface area contributed by atoms with Crippen LogP contribution in [0.4, 0.5) is 0 Å². The molecule has 1 amide bonds. The molecule has 1 fully saturated rings. The largest absolute Gasteiger partial charge is 0.340 e. The van der Waals surface area contributed by atoms with Crippen molar-refractivity contribution in [2.75, 3.05) is 26.2 Å². The van der Waals surface area contributed by atoms with Gasteiger partial charge in [0.25, 0.3) is 0 Å². The number of piperazine rings is 1. The first-order chi connectivity index (χ1) is 12.0. The third-order valence-corrected chi connectivity index (χ3v) is 4.49. The summed E-state index contributed by atoms with van der Waals surface area (Å²) in [5.41, 5.74) is 2.18. The molecule has 134 valence electrons. The van der Waals surface area contributed by atoms with Crippen molar-refractivity contribution in [2.24, 2.45) is 5.92 Å². The van der Waals surface area contributed by atoms with Crippen LogP contribution in [0.25, 0.3) is 5.69 Å². The number of amides is 1. The lowest BCUT2D eigenvalue weighted by Crippen LogP contribution is -2.48. The van der Waals surface area contributed by atoms with E-state index >= 15 is 0 Å². The Morgan fingerprint density at radius 2 is 1.80 bits per heavy atom. The number of rotatable bonds is 5. The molecule has 0 unspecified atom stereocenters. The van der Waals surface area contributed by atoms with Crippen LogP contribution in [0, 0.1) is 12.8 Å². The van der Waals surface area contributed by atoms with Gasteiger partial charge in [0.1, 0.15) is 0 Å². The summed E-state index contributed by atoms with van der Waals surface area (Å²) in [7, 11) is 0. The zero-order valence-electron chi connectivity index (χ0n) is 15.2. The minimum absolute atomic E-state index is 0.263. The van der Waals surface area contributed by atoms with Gasteiger partial charge < -0.3 is 4.90 Å². The summed E-state index contributed by atoms with van der Waals surface area (Å²) in [4.78, 5) is 16.4. The van der Waals surface area contributed by atoms with E-state index in [0.29, 0.717) is 18.9 Å². The lowest BCUT2D eigenvalue weighted by atomic mass is 10.1. The molecule has 1 aromatic carbocycles. The first kappa shape index (κ1) is 17.5. The van der Waals surface area contributed by atoms with Crippen LogP contribution in [0.1, 0.15) is 31.7 Å². The van der Waals surface area contributed by atoms with Gasteiger partial charge >= 0.3 is 0 Å². The van der Waals surface area contributed by atoms with Crippen molar-refractivity contribution < 1.29 is 4.79 Å². The summed E-state index contributed by atoms with van der Waals surface area (Å²) in [6.45, 7) is 10.2. The molecule has 1 aliphatic heterocycles. The Hall–Kier alpha value is -2.28. The van der Waals surface area contributed by atoms with Crippen LogP contribution in [0.5, 0.6) is 0 Å². The second-order valence-corrected chi connectivity index (χ2v) is 7.10. The van der Waals surface area contributed by atoms with Crippen molar-refractivity contribution >= 4 is 5.91 Å². The van der Waals surface area contributed by atoms with Crippen molar-refractivity contribution in [3.63, 3.8) is 0 Å². The highest BCUT2D eigenvalue weighted by atomic mass is 16.2. The topological polar surface area (TPSA) is 67.2 Å². The highest BCUT2D eigenvalue weighted by molar-refractivity contribution is 5.76. The highest BCUT2D eigenvalue weighted by Gasteiger charge is 2.23. The van der Waals surface area contributed by atoms with E-state index in [2.05, 4.69) is 53.3 Å². The predicted molar refractivity (Wildman–Crippen MR) is 95.2 cm³/mol. The normalized spacial score (nSPS) is 15.8. The Bertz CT molecular complexity index is 701. The van der Waals surface area contributed by atoms with Crippen LogP contribution < -0.4 is 0 Å². The van der Waals surface area contributed by atoms with Crippen LogP contribution in [-0.4, -0.2) is 62.1 Å². The molecule has 0 N–H and O–H groups in total. The smallest absolute Gasteiger partial charge is 0.222 e. The number of aromatic nitrogens is 4. The Balaban J connectivity index is 1.59. The number of hydrogen-bond acceptors (Lipinski definition) is 5. The molecule has 0 atom stereocenters. The quantitative estimate of drug-likeness (QED) is 0.827. The van der Waals surface area contributed by atoms with Crippen LogP contribution >= 0.6 is 0 Å². The molecular formula is C18H26N6O. The van der Waals surface area contributed by atoms with Gasteiger partial charge in [-0.25, -0.2) is 0 Å². The van der Waals surface area contributed by atoms with E-state index in [1.165, 1.54) is 5.56 Å². The van der Waals surface area contributed by atoms with Gasteiger partial charge in [0.05, 0.1) is 12.2 Å². The summed E-state index contributed by atoms with van der Waals surface area (Å²) in [5.74, 6) is 1.50. The maximum Gasteiger partial charge on any atom is 0.222 e. The van der Waals surface area contributed by atoms with Crippen molar-refractivity contribution in [2.45, 2.75) is 33.7 Å².